The number of carbonyl (C=O) groups excluding carboxylic acids is 1. The summed E-state index contributed by atoms with van der Waals surface area (Å²) in [6.07, 6.45) is 2.12. The van der Waals surface area contributed by atoms with Crippen molar-refractivity contribution in [2.24, 2.45) is 0 Å². The molecular weight excluding hydrogens is 248 g/mol. The number of amides is 2. The fourth-order valence-corrected chi connectivity index (χ4v) is 2.25. The summed E-state index contributed by atoms with van der Waals surface area (Å²) in [4.78, 5) is 24.8. The number of rotatable bonds is 5. The number of urea groups is 1. The van der Waals surface area contributed by atoms with E-state index in [1.807, 2.05) is 20.8 Å². The predicted molar refractivity (Wildman–Crippen MR) is 71.1 cm³/mol. The molecular formula is C13H24N2O4. The average molecular weight is 272 g/mol. The highest BCUT2D eigenvalue weighted by Crippen LogP contribution is 2.11. The van der Waals surface area contributed by atoms with E-state index in [1.165, 1.54) is 0 Å². The third-order valence-corrected chi connectivity index (χ3v) is 3.15. The topological polar surface area (TPSA) is 78.9 Å². The molecule has 0 aromatic rings. The molecule has 0 aliphatic carbocycles. The minimum atomic E-state index is -0.976. The lowest BCUT2D eigenvalue weighted by molar-refractivity contribution is -0.139. The van der Waals surface area contributed by atoms with Crippen molar-refractivity contribution in [2.75, 3.05) is 13.1 Å². The minimum absolute atomic E-state index is 0.0200. The van der Waals surface area contributed by atoms with Crippen LogP contribution >= 0.6 is 0 Å². The van der Waals surface area contributed by atoms with Crippen LogP contribution in [0.15, 0.2) is 0 Å². The zero-order valence-corrected chi connectivity index (χ0v) is 11.9. The fraction of sp³-hybridized carbons (Fsp3) is 0.846. The van der Waals surface area contributed by atoms with Crippen molar-refractivity contribution >= 4 is 12.0 Å². The molecule has 1 fully saturated rings. The van der Waals surface area contributed by atoms with Gasteiger partial charge in [-0.1, -0.05) is 19.8 Å². The highest BCUT2D eigenvalue weighted by atomic mass is 16.5. The third kappa shape index (κ3) is 5.06. The molecule has 0 saturated carbocycles. The van der Waals surface area contributed by atoms with E-state index in [1.54, 1.807) is 4.90 Å². The van der Waals surface area contributed by atoms with Crippen LogP contribution in [0.3, 0.4) is 0 Å². The van der Waals surface area contributed by atoms with Gasteiger partial charge >= 0.3 is 12.0 Å². The van der Waals surface area contributed by atoms with Crippen LogP contribution in [0.1, 0.15) is 40.0 Å². The molecule has 6 heteroatoms. The van der Waals surface area contributed by atoms with Gasteiger partial charge in [-0.2, -0.15) is 0 Å². The first-order valence-corrected chi connectivity index (χ1v) is 6.87. The Bertz CT molecular complexity index is 312. The summed E-state index contributed by atoms with van der Waals surface area (Å²) in [7, 11) is 0. The normalized spacial score (nSPS) is 24.9. The van der Waals surface area contributed by atoms with Gasteiger partial charge in [0.1, 0.15) is 6.04 Å². The molecule has 1 rings (SSSR count). The molecule has 6 nitrogen and oxygen atoms in total. The number of carboxylic acid groups (broad SMARTS) is 1. The quantitative estimate of drug-likeness (QED) is 0.794. The summed E-state index contributed by atoms with van der Waals surface area (Å²) in [5.74, 6) is -0.976. The van der Waals surface area contributed by atoms with Crippen LogP contribution in [0.2, 0.25) is 0 Å². The number of aliphatic carboxylic acids is 1. The minimum Gasteiger partial charge on any atom is -0.480 e. The molecule has 2 amide bonds. The third-order valence-electron chi connectivity index (χ3n) is 3.15. The summed E-state index contributed by atoms with van der Waals surface area (Å²) >= 11 is 0. The summed E-state index contributed by atoms with van der Waals surface area (Å²) in [5.41, 5.74) is 0. The lowest BCUT2D eigenvalue weighted by Gasteiger charge is -2.35. The van der Waals surface area contributed by atoms with Gasteiger partial charge < -0.3 is 20.1 Å². The Kier molecular flexibility index (Phi) is 6.08. The second-order valence-corrected chi connectivity index (χ2v) is 5.14. The van der Waals surface area contributed by atoms with Gasteiger partial charge in [-0.05, 0) is 20.3 Å². The van der Waals surface area contributed by atoms with Crippen molar-refractivity contribution in [3.8, 4) is 0 Å². The molecule has 0 radical (unpaired) electrons. The molecule has 0 spiro atoms. The maximum absolute atomic E-state index is 12.1. The van der Waals surface area contributed by atoms with E-state index in [9.17, 15) is 9.59 Å². The van der Waals surface area contributed by atoms with Gasteiger partial charge in [-0.3, -0.25) is 0 Å². The Morgan fingerprint density at radius 3 is 2.42 bits per heavy atom. The van der Waals surface area contributed by atoms with Gasteiger partial charge in [-0.25, -0.2) is 9.59 Å². The molecule has 1 heterocycles. The van der Waals surface area contributed by atoms with Gasteiger partial charge in [0.25, 0.3) is 0 Å². The van der Waals surface area contributed by atoms with Crippen molar-refractivity contribution in [2.45, 2.75) is 58.3 Å². The highest BCUT2D eigenvalue weighted by Gasteiger charge is 2.28. The molecule has 0 aromatic heterocycles. The number of hydrogen-bond donors (Lipinski definition) is 2. The van der Waals surface area contributed by atoms with Gasteiger partial charge in [0.15, 0.2) is 0 Å². The number of nitrogens with zero attached hydrogens (tertiary/aromatic N) is 1. The van der Waals surface area contributed by atoms with E-state index in [2.05, 4.69) is 5.32 Å². The number of carboxylic acids is 1. The maximum Gasteiger partial charge on any atom is 0.326 e. The van der Waals surface area contributed by atoms with Crippen molar-refractivity contribution in [3.05, 3.63) is 0 Å². The number of unbranched alkanes of at least 4 members (excludes halogenated alkanes) is 1. The van der Waals surface area contributed by atoms with Crippen LogP contribution in [0.25, 0.3) is 0 Å². The molecule has 1 aliphatic rings. The van der Waals surface area contributed by atoms with Gasteiger partial charge in [0.05, 0.1) is 12.2 Å². The molecule has 0 bridgehead atoms. The van der Waals surface area contributed by atoms with Crippen molar-refractivity contribution in [1.82, 2.24) is 10.2 Å². The Labute approximate surface area is 114 Å². The molecule has 19 heavy (non-hydrogen) atoms. The molecule has 1 saturated heterocycles. The second kappa shape index (κ2) is 7.33. The van der Waals surface area contributed by atoms with Crippen LogP contribution in [-0.2, 0) is 9.53 Å². The SMILES string of the molecule is CCCCC(NC(=O)N1C[C@@H](C)O[C@@H](C)C1)C(=O)O. The zero-order valence-electron chi connectivity index (χ0n) is 11.9. The first kappa shape index (κ1) is 15.8. The van der Waals surface area contributed by atoms with E-state index < -0.39 is 12.0 Å². The first-order chi connectivity index (χ1) is 8.93. The fourth-order valence-electron chi connectivity index (χ4n) is 2.25. The van der Waals surface area contributed by atoms with E-state index in [0.717, 1.165) is 12.8 Å². The Morgan fingerprint density at radius 2 is 1.95 bits per heavy atom. The van der Waals surface area contributed by atoms with Crippen molar-refractivity contribution in [3.63, 3.8) is 0 Å². The van der Waals surface area contributed by atoms with Crippen LogP contribution in [0.4, 0.5) is 4.79 Å². The van der Waals surface area contributed by atoms with E-state index in [4.69, 9.17) is 9.84 Å². The lowest BCUT2D eigenvalue weighted by Crippen LogP contribution is -2.54. The molecule has 3 atom stereocenters. The summed E-state index contributed by atoms with van der Waals surface area (Å²) in [6, 6.07) is -1.12. The summed E-state index contributed by atoms with van der Waals surface area (Å²) in [6.45, 7) is 6.79. The van der Waals surface area contributed by atoms with Crippen LogP contribution in [0.5, 0.6) is 0 Å². The maximum atomic E-state index is 12.1. The van der Waals surface area contributed by atoms with Gasteiger partial charge in [0, 0.05) is 13.1 Å². The monoisotopic (exact) mass is 272 g/mol. The molecule has 1 aliphatic heterocycles. The Balaban J connectivity index is 2.53. The lowest BCUT2D eigenvalue weighted by atomic mass is 10.1. The Hall–Kier alpha value is -1.30. The summed E-state index contributed by atoms with van der Waals surface area (Å²) in [5, 5.41) is 11.7. The highest BCUT2D eigenvalue weighted by molar-refractivity contribution is 5.82. The summed E-state index contributed by atoms with van der Waals surface area (Å²) < 4.78 is 5.55. The number of ether oxygens (including phenoxy) is 1. The Morgan fingerprint density at radius 1 is 1.37 bits per heavy atom. The second-order valence-electron chi connectivity index (χ2n) is 5.14. The van der Waals surface area contributed by atoms with E-state index >= 15 is 0 Å². The van der Waals surface area contributed by atoms with Crippen LogP contribution in [0, 0.1) is 0 Å². The van der Waals surface area contributed by atoms with Crippen molar-refractivity contribution < 1.29 is 19.4 Å². The van der Waals surface area contributed by atoms with Gasteiger partial charge in [-0.15, -0.1) is 0 Å². The molecule has 0 aromatic carbocycles. The van der Waals surface area contributed by atoms with Crippen LogP contribution in [-0.4, -0.2) is 53.3 Å². The smallest absolute Gasteiger partial charge is 0.326 e. The molecule has 1 unspecified atom stereocenters. The number of morpholine rings is 1. The van der Waals surface area contributed by atoms with E-state index in [0.29, 0.717) is 19.5 Å². The number of hydrogen-bond acceptors (Lipinski definition) is 3. The number of nitrogens with one attached hydrogen (secondary N) is 1. The van der Waals surface area contributed by atoms with E-state index in [-0.39, 0.29) is 18.2 Å². The largest absolute Gasteiger partial charge is 0.480 e. The van der Waals surface area contributed by atoms with Gasteiger partial charge in [0.2, 0.25) is 0 Å². The molecule has 110 valence electrons. The van der Waals surface area contributed by atoms with Crippen LogP contribution < -0.4 is 5.32 Å². The van der Waals surface area contributed by atoms with Crippen molar-refractivity contribution in [1.29, 1.82) is 0 Å². The standard InChI is InChI=1S/C13H24N2O4/c1-4-5-6-11(12(16)17)14-13(18)15-7-9(2)19-10(3)8-15/h9-11H,4-8H2,1-3H3,(H,14,18)(H,16,17)/t9-,10+,11?. The molecule has 2 N–H and O–H groups in total. The number of carbonyl (C=O) groups is 2. The zero-order chi connectivity index (χ0) is 14.4. The predicted octanol–water partition coefficient (Wildman–Crippen LogP) is 1.45. The first-order valence-electron chi connectivity index (χ1n) is 6.87. The average Bonchev–Trinajstić information content (AvgIpc) is 2.32.